The Morgan fingerprint density at radius 3 is 2.53 bits per heavy atom. The molecule has 0 aromatic heterocycles. The van der Waals surface area contributed by atoms with Crippen LogP contribution >= 0.6 is 0 Å². The maximum atomic E-state index is 8.91. The first-order chi connectivity index (χ1) is 7.09. The van der Waals surface area contributed by atoms with E-state index in [1.165, 1.54) is 0 Å². The second-order valence-corrected chi connectivity index (χ2v) is 5.04. The molecule has 3 nitrogen and oxygen atoms in total. The average molecular weight is 209 g/mol. The number of rotatable bonds is 6. The Bertz CT molecular complexity index is 226. The summed E-state index contributed by atoms with van der Waals surface area (Å²) in [5.41, 5.74) is -0.155. The summed E-state index contributed by atoms with van der Waals surface area (Å²) in [6, 6.07) is 3.10. The molecule has 0 amide bonds. The highest BCUT2D eigenvalue weighted by Gasteiger charge is 2.23. The first-order valence-electron chi connectivity index (χ1n) is 5.95. The van der Waals surface area contributed by atoms with E-state index in [2.05, 4.69) is 23.2 Å². The summed E-state index contributed by atoms with van der Waals surface area (Å²) in [5, 5.41) is 12.2. The van der Waals surface area contributed by atoms with Crippen molar-refractivity contribution in [1.82, 2.24) is 10.2 Å². The summed E-state index contributed by atoms with van der Waals surface area (Å²) in [6.45, 7) is 10.8. The summed E-state index contributed by atoms with van der Waals surface area (Å²) in [4.78, 5) is 2.52. The monoisotopic (exact) mass is 209 g/mol. The van der Waals surface area contributed by atoms with Gasteiger partial charge in [0.25, 0.3) is 0 Å². The normalized spacial score (nSPS) is 17.5. The van der Waals surface area contributed by atoms with Crippen LogP contribution in [-0.4, -0.2) is 37.1 Å². The van der Waals surface area contributed by atoms with E-state index in [1.807, 2.05) is 13.8 Å². The van der Waals surface area contributed by atoms with Gasteiger partial charge in [0, 0.05) is 19.1 Å². The van der Waals surface area contributed by atoms with Crippen molar-refractivity contribution in [1.29, 1.82) is 5.26 Å². The van der Waals surface area contributed by atoms with Crippen molar-refractivity contribution in [3.8, 4) is 6.07 Å². The second kappa shape index (κ2) is 5.48. The lowest BCUT2D eigenvalue weighted by atomic mass is 9.89. The molecule has 1 aliphatic rings. The van der Waals surface area contributed by atoms with Gasteiger partial charge in [0.1, 0.15) is 0 Å². The molecule has 15 heavy (non-hydrogen) atoms. The fourth-order valence-electron chi connectivity index (χ4n) is 1.91. The van der Waals surface area contributed by atoms with Crippen LogP contribution in [0.25, 0.3) is 0 Å². The van der Waals surface area contributed by atoms with Crippen molar-refractivity contribution in [2.75, 3.05) is 26.2 Å². The lowest BCUT2D eigenvalue weighted by molar-refractivity contribution is 0.147. The van der Waals surface area contributed by atoms with Crippen molar-refractivity contribution in [3.05, 3.63) is 0 Å². The van der Waals surface area contributed by atoms with Gasteiger partial charge in [-0.1, -0.05) is 6.92 Å². The van der Waals surface area contributed by atoms with Gasteiger partial charge in [0.15, 0.2) is 0 Å². The van der Waals surface area contributed by atoms with E-state index in [9.17, 15) is 0 Å². The van der Waals surface area contributed by atoms with E-state index in [4.69, 9.17) is 5.26 Å². The van der Waals surface area contributed by atoms with Crippen molar-refractivity contribution in [3.63, 3.8) is 0 Å². The third kappa shape index (κ3) is 3.81. The molecule has 0 radical (unpaired) electrons. The Kier molecular flexibility index (Phi) is 4.56. The van der Waals surface area contributed by atoms with Crippen LogP contribution in [-0.2, 0) is 0 Å². The Hall–Kier alpha value is -0.590. The van der Waals surface area contributed by atoms with Gasteiger partial charge < -0.3 is 5.32 Å². The first kappa shape index (κ1) is 12.5. The molecule has 0 unspecified atom stereocenters. The molecule has 0 atom stereocenters. The van der Waals surface area contributed by atoms with E-state index in [1.54, 1.807) is 0 Å². The molecule has 0 spiro atoms. The van der Waals surface area contributed by atoms with Crippen LogP contribution in [0, 0.1) is 16.7 Å². The molecule has 1 aliphatic heterocycles. The Balaban J connectivity index is 2.20. The summed E-state index contributed by atoms with van der Waals surface area (Å²) >= 11 is 0. The molecule has 0 saturated carbocycles. The number of hydrogen-bond donors (Lipinski definition) is 1. The van der Waals surface area contributed by atoms with Crippen LogP contribution in [0.2, 0.25) is 0 Å². The molecule has 1 heterocycles. The fourth-order valence-corrected chi connectivity index (χ4v) is 1.91. The van der Waals surface area contributed by atoms with Gasteiger partial charge in [-0.2, -0.15) is 5.26 Å². The van der Waals surface area contributed by atoms with Crippen molar-refractivity contribution < 1.29 is 0 Å². The summed E-state index contributed by atoms with van der Waals surface area (Å²) in [6.07, 6.45) is 2.13. The lowest BCUT2D eigenvalue weighted by Gasteiger charge is -2.38. The molecule has 1 rings (SSSR count). The molecule has 0 bridgehead atoms. The predicted molar refractivity (Wildman–Crippen MR) is 62.5 cm³/mol. The standard InChI is InChI=1S/C12H23N3/c1-4-15(11-8-14-9-11)7-5-6-12(2,3)10-13/h11,14H,4-9H2,1-3H3. The second-order valence-electron chi connectivity index (χ2n) is 5.04. The van der Waals surface area contributed by atoms with Gasteiger partial charge in [0.05, 0.1) is 11.5 Å². The quantitative estimate of drug-likeness (QED) is 0.722. The van der Waals surface area contributed by atoms with Crippen LogP contribution in [0.3, 0.4) is 0 Å². The molecule has 0 aromatic rings. The van der Waals surface area contributed by atoms with Gasteiger partial charge in [-0.15, -0.1) is 0 Å². The summed E-state index contributed by atoms with van der Waals surface area (Å²) in [5.74, 6) is 0. The largest absolute Gasteiger partial charge is 0.314 e. The van der Waals surface area contributed by atoms with Crippen LogP contribution in [0.1, 0.15) is 33.6 Å². The number of nitrogens with zero attached hydrogens (tertiary/aromatic N) is 2. The van der Waals surface area contributed by atoms with Gasteiger partial charge >= 0.3 is 0 Å². The topological polar surface area (TPSA) is 39.1 Å². The first-order valence-corrected chi connectivity index (χ1v) is 5.95. The van der Waals surface area contributed by atoms with Gasteiger partial charge in [-0.3, -0.25) is 4.90 Å². The van der Waals surface area contributed by atoms with Crippen molar-refractivity contribution in [2.45, 2.75) is 39.7 Å². The van der Waals surface area contributed by atoms with Gasteiger partial charge in [-0.05, 0) is 39.8 Å². The minimum atomic E-state index is -0.155. The minimum absolute atomic E-state index is 0.155. The van der Waals surface area contributed by atoms with E-state index < -0.39 is 0 Å². The number of nitrogens with one attached hydrogen (secondary N) is 1. The smallest absolute Gasteiger partial charge is 0.0683 e. The van der Waals surface area contributed by atoms with E-state index in [-0.39, 0.29) is 5.41 Å². The molecule has 3 heteroatoms. The SMILES string of the molecule is CCN(CCCC(C)(C)C#N)C1CNC1. The Morgan fingerprint density at radius 2 is 2.13 bits per heavy atom. The zero-order valence-electron chi connectivity index (χ0n) is 10.2. The highest BCUT2D eigenvalue weighted by molar-refractivity contribution is 4.92. The predicted octanol–water partition coefficient (Wildman–Crippen LogP) is 1.61. The van der Waals surface area contributed by atoms with Crippen LogP contribution in [0.15, 0.2) is 0 Å². The lowest BCUT2D eigenvalue weighted by Crippen LogP contribution is -2.57. The molecule has 1 fully saturated rings. The molecular weight excluding hydrogens is 186 g/mol. The van der Waals surface area contributed by atoms with Gasteiger partial charge in [-0.25, -0.2) is 0 Å². The van der Waals surface area contributed by atoms with Crippen LogP contribution in [0.5, 0.6) is 0 Å². The molecule has 1 saturated heterocycles. The van der Waals surface area contributed by atoms with Crippen molar-refractivity contribution >= 4 is 0 Å². The van der Waals surface area contributed by atoms with Crippen LogP contribution in [0.4, 0.5) is 0 Å². The fraction of sp³-hybridized carbons (Fsp3) is 0.917. The highest BCUT2D eigenvalue weighted by Crippen LogP contribution is 2.21. The number of likely N-dealkylation sites (N-methyl/N-ethyl adjacent to an activating group) is 1. The number of hydrogen-bond acceptors (Lipinski definition) is 3. The minimum Gasteiger partial charge on any atom is -0.314 e. The maximum Gasteiger partial charge on any atom is 0.0683 e. The Morgan fingerprint density at radius 1 is 1.47 bits per heavy atom. The molecule has 1 N–H and O–H groups in total. The number of nitriles is 1. The summed E-state index contributed by atoms with van der Waals surface area (Å²) < 4.78 is 0. The van der Waals surface area contributed by atoms with E-state index in [0.29, 0.717) is 0 Å². The molecule has 0 aromatic carbocycles. The third-order valence-electron chi connectivity index (χ3n) is 3.23. The zero-order valence-corrected chi connectivity index (χ0v) is 10.2. The van der Waals surface area contributed by atoms with E-state index in [0.717, 1.165) is 45.1 Å². The zero-order chi connectivity index (χ0) is 11.3. The average Bonchev–Trinajstić information content (AvgIpc) is 2.13. The van der Waals surface area contributed by atoms with Crippen molar-refractivity contribution in [2.24, 2.45) is 5.41 Å². The highest BCUT2D eigenvalue weighted by atomic mass is 15.2. The van der Waals surface area contributed by atoms with Crippen LogP contribution < -0.4 is 5.32 Å². The molecular formula is C12H23N3. The summed E-state index contributed by atoms with van der Waals surface area (Å²) in [7, 11) is 0. The molecule has 0 aliphatic carbocycles. The van der Waals surface area contributed by atoms with E-state index >= 15 is 0 Å². The molecule has 86 valence electrons. The third-order valence-corrected chi connectivity index (χ3v) is 3.23. The maximum absolute atomic E-state index is 8.91. The van der Waals surface area contributed by atoms with Gasteiger partial charge in [0.2, 0.25) is 0 Å². The Labute approximate surface area is 93.5 Å².